The number of benzene rings is 2. The van der Waals surface area contributed by atoms with E-state index in [-0.39, 0.29) is 18.7 Å². The van der Waals surface area contributed by atoms with Crippen molar-refractivity contribution in [2.24, 2.45) is 0 Å². The maximum Gasteiger partial charge on any atom is 0.319 e. The fourth-order valence-corrected chi connectivity index (χ4v) is 3.31. The molecule has 1 atom stereocenters. The van der Waals surface area contributed by atoms with E-state index in [1.807, 2.05) is 61.5 Å². The van der Waals surface area contributed by atoms with Crippen LogP contribution in [0.15, 0.2) is 54.6 Å². The molecule has 0 saturated carbocycles. The summed E-state index contributed by atoms with van der Waals surface area (Å²) >= 11 is 0. The summed E-state index contributed by atoms with van der Waals surface area (Å²) in [6, 6.07) is 17.2. The molecule has 1 heterocycles. The molecule has 2 amide bonds. The topological polar surface area (TPSA) is 73.8 Å². The van der Waals surface area contributed by atoms with Crippen molar-refractivity contribution in [3.05, 3.63) is 60.2 Å². The van der Waals surface area contributed by atoms with Crippen molar-refractivity contribution >= 4 is 11.7 Å². The monoisotopic (exact) mass is 383 g/mol. The third-order valence-electron chi connectivity index (χ3n) is 4.89. The summed E-state index contributed by atoms with van der Waals surface area (Å²) in [5.41, 5.74) is 1.97. The van der Waals surface area contributed by atoms with Crippen molar-refractivity contribution in [3.8, 4) is 5.75 Å². The molecular formula is C22H29N3O3. The molecule has 1 saturated heterocycles. The quantitative estimate of drug-likeness (QED) is 0.687. The summed E-state index contributed by atoms with van der Waals surface area (Å²) < 4.78 is 5.65. The van der Waals surface area contributed by atoms with Crippen molar-refractivity contribution in [1.82, 2.24) is 10.2 Å². The Bertz CT molecular complexity index is 728. The second kappa shape index (κ2) is 10.1. The van der Waals surface area contributed by atoms with E-state index in [1.54, 1.807) is 0 Å². The first-order valence-electron chi connectivity index (χ1n) is 9.81. The highest BCUT2D eigenvalue weighted by molar-refractivity contribution is 5.89. The molecule has 3 rings (SSSR count). The number of rotatable bonds is 7. The van der Waals surface area contributed by atoms with Crippen LogP contribution in [0.4, 0.5) is 10.5 Å². The minimum absolute atomic E-state index is 0.154. The van der Waals surface area contributed by atoms with Crippen LogP contribution in [0.25, 0.3) is 0 Å². The van der Waals surface area contributed by atoms with Crippen molar-refractivity contribution in [2.75, 3.05) is 31.6 Å². The van der Waals surface area contributed by atoms with E-state index >= 15 is 0 Å². The third-order valence-corrected chi connectivity index (χ3v) is 4.89. The Morgan fingerprint density at radius 3 is 2.50 bits per heavy atom. The van der Waals surface area contributed by atoms with Crippen LogP contribution in [-0.2, 0) is 0 Å². The molecule has 0 aliphatic carbocycles. The second-order valence-corrected chi connectivity index (χ2v) is 7.32. The van der Waals surface area contributed by atoms with Gasteiger partial charge in [0.1, 0.15) is 18.5 Å². The first kappa shape index (κ1) is 20.2. The van der Waals surface area contributed by atoms with Gasteiger partial charge in [0, 0.05) is 31.4 Å². The normalized spacial score (nSPS) is 16.4. The van der Waals surface area contributed by atoms with Gasteiger partial charge in [-0.15, -0.1) is 0 Å². The highest BCUT2D eigenvalue weighted by Gasteiger charge is 2.22. The zero-order chi connectivity index (χ0) is 19.8. The molecule has 1 unspecified atom stereocenters. The zero-order valence-corrected chi connectivity index (χ0v) is 16.3. The molecule has 0 bridgehead atoms. The van der Waals surface area contributed by atoms with Crippen molar-refractivity contribution in [1.29, 1.82) is 0 Å². The lowest BCUT2D eigenvalue weighted by atomic mass is 10.0. The van der Waals surface area contributed by atoms with Gasteiger partial charge in [0.2, 0.25) is 0 Å². The molecule has 3 N–H and O–H groups in total. The minimum Gasteiger partial charge on any atom is -0.491 e. The fourth-order valence-electron chi connectivity index (χ4n) is 3.31. The van der Waals surface area contributed by atoms with E-state index in [0.717, 1.165) is 37.4 Å². The Kier molecular flexibility index (Phi) is 7.28. The number of anilines is 1. The van der Waals surface area contributed by atoms with Gasteiger partial charge in [-0.1, -0.05) is 35.9 Å². The lowest BCUT2D eigenvalue weighted by Gasteiger charge is -2.33. The Hall–Kier alpha value is -2.57. The molecule has 6 nitrogen and oxygen atoms in total. The van der Waals surface area contributed by atoms with Gasteiger partial charge in [0.25, 0.3) is 0 Å². The van der Waals surface area contributed by atoms with Gasteiger partial charge < -0.3 is 25.4 Å². The number of aliphatic hydroxyl groups is 1. The van der Waals surface area contributed by atoms with Crippen LogP contribution in [0.2, 0.25) is 0 Å². The second-order valence-electron chi connectivity index (χ2n) is 7.32. The van der Waals surface area contributed by atoms with E-state index in [9.17, 15) is 9.90 Å². The molecule has 1 aliphatic heterocycles. The zero-order valence-electron chi connectivity index (χ0n) is 16.3. The Morgan fingerprint density at radius 2 is 1.82 bits per heavy atom. The summed E-state index contributed by atoms with van der Waals surface area (Å²) in [6.45, 7) is 4.58. The van der Waals surface area contributed by atoms with Gasteiger partial charge in [-0.25, -0.2) is 4.79 Å². The molecule has 2 aromatic carbocycles. The van der Waals surface area contributed by atoms with Crippen molar-refractivity contribution < 1.29 is 14.6 Å². The first-order valence-corrected chi connectivity index (χ1v) is 9.81. The van der Waals surface area contributed by atoms with E-state index < -0.39 is 6.10 Å². The van der Waals surface area contributed by atoms with Crippen molar-refractivity contribution in [3.63, 3.8) is 0 Å². The van der Waals surface area contributed by atoms with Crippen LogP contribution in [-0.4, -0.2) is 54.4 Å². The molecule has 28 heavy (non-hydrogen) atoms. The summed E-state index contributed by atoms with van der Waals surface area (Å²) in [6.07, 6.45) is 1.20. The minimum atomic E-state index is -0.535. The molecule has 2 aromatic rings. The van der Waals surface area contributed by atoms with Gasteiger partial charge >= 0.3 is 6.03 Å². The molecule has 0 spiro atoms. The smallest absolute Gasteiger partial charge is 0.319 e. The highest BCUT2D eigenvalue weighted by Crippen LogP contribution is 2.14. The molecule has 1 aliphatic rings. The Labute approximate surface area is 166 Å². The number of hydrogen-bond donors (Lipinski definition) is 3. The van der Waals surface area contributed by atoms with Gasteiger partial charge in [0.05, 0.1) is 0 Å². The number of nitrogens with one attached hydrogen (secondary N) is 2. The van der Waals surface area contributed by atoms with Crippen LogP contribution in [0.3, 0.4) is 0 Å². The lowest BCUT2D eigenvalue weighted by Crippen LogP contribution is -2.48. The Balaban J connectivity index is 1.33. The molecule has 6 heteroatoms. The highest BCUT2D eigenvalue weighted by atomic mass is 16.5. The van der Waals surface area contributed by atoms with Gasteiger partial charge in [-0.3, -0.25) is 0 Å². The van der Waals surface area contributed by atoms with Gasteiger partial charge in [-0.2, -0.15) is 0 Å². The number of carbonyl (C=O) groups excluding carboxylic acids is 1. The molecule has 150 valence electrons. The number of nitrogens with zero attached hydrogens (tertiary/aromatic N) is 1. The van der Waals surface area contributed by atoms with Crippen LogP contribution < -0.4 is 15.4 Å². The molecule has 0 aromatic heterocycles. The summed E-state index contributed by atoms with van der Waals surface area (Å²) in [5.74, 6) is 0.775. The van der Waals surface area contributed by atoms with E-state index in [2.05, 4.69) is 15.5 Å². The van der Waals surface area contributed by atoms with E-state index in [4.69, 9.17) is 4.74 Å². The molecule has 0 radical (unpaired) electrons. The third kappa shape index (κ3) is 6.55. The summed E-state index contributed by atoms with van der Waals surface area (Å²) in [7, 11) is 0. The summed E-state index contributed by atoms with van der Waals surface area (Å²) in [5, 5.41) is 16.1. The van der Waals surface area contributed by atoms with Gasteiger partial charge in [-0.05, 0) is 44.0 Å². The average molecular weight is 383 g/mol. The number of ether oxygens (including phenoxy) is 1. The number of aryl methyl sites for hydroxylation is 1. The number of hydrogen-bond acceptors (Lipinski definition) is 4. The predicted molar refractivity (Wildman–Crippen MR) is 111 cm³/mol. The standard InChI is InChI=1S/C22H29N3O3/c1-17-7-9-21(10-8-17)28-16-20(26)15-25-13-11-19(12-14-25)24-22(27)23-18-5-3-2-4-6-18/h2-10,19-20,26H,11-16H2,1H3,(H2,23,24,27). The van der Waals surface area contributed by atoms with Crippen LogP contribution in [0.1, 0.15) is 18.4 Å². The lowest BCUT2D eigenvalue weighted by molar-refractivity contribution is 0.0585. The first-order chi connectivity index (χ1) is 13.6. The SMILES string of the molecule is Cc1ccc(OCC(O)CN2CCC(NC(=O)Nc3ccccc3)CC2)cc1. The maximum atomic E-state index is 12.1. The fraction of sp³-hybridized carbons (Fsp3) is 0.409. The molecule has 1 fully saturated rings. The van der Waals surface area contributed by atoms with Crippen molar-refractivity contribution in [2.45, 2.75) is 31.9 Å². The summed E-state index contributed by atoms with van der Waals surface area (Å²) in [4.78, 5) is 14.3. The van der Waals surface area contributed by atoms with Crippen LogP contribution in [0.5, 0.6) is 5.75 Å². The molecular weight excluding hydrogens is 354 g/mol. The number of carbonyl (C=O) groups is 1. The predicted octanol–water partition coefficient (Wildman–Crippen LogP) is 3.02. The van der Waals surface area contributed by atoms with Crippen LogP contribution >= 0.6 is 0 Å². The largest absolute Gasteiger partial charge is 0.491 e. The van der Waals surface area contributed by atoms with E-state index in [1.165, 1.54) is 5.56 Å². The van der Waals surface area contributed by atoms with Gasteiger partial charge in [0.15, 0.2) is 0 Å². The number of piperidine rings is 1. The number of aliphatic hydroxyl groups excluding tert-OH is 1. The Morgan fingerprint density at radius 1 is 1.14 bits per heavy atom. The number of amides is 2. The number of β-amino-alcohol motifs (C(OH)–C–C–N with tert-alkyl or cyclic N) is 1. The number of para-hydroxylation sites is 1. The maximum absolute atomic E-state index is 12.1. The number of likely N-dealkylation sites (tertiary alicyclic amines) is 1. The number of urea groups is 1. The average Bonchev–Trinajstić information content (AvgIpc) is 2.70. The van der Waals surface area contributed by atoms with Crippen LogP contribution in [0, 0.1) is 6.92 Å². The van der Waals surface area contributed by atoms with E-state index in [0.29, 0.717) is 6.54 Å².